The van der Waals surface area contributed by atoms with Gasteiger partial charge in [-0.1, -0.05) is 6.92 Å². The second kappa shape index (κ2) is 3.80. The van der Waals surface area contributed by atoms with E-state index >= 15 is 0 Å². The Labute approximate surface area is 86.6 Å². The summed E-state index contributed by atoms with van der Waals surface area (Å²) in [5.74, 6) is 0.850. The van der Waals surface area contributed by atoms with Gasteiger partial charge >= 0.3 is 0 Å². The molecule has 0 aromatic rings. The molecule has 2 rings (SSSR count). The van der Waals surface area contributed by atoms with E-state index in [1.54, 1.807) is 0 Å². The van der Waals surface area contributed by atoms with Crippen LogP contribution in [0, 0.1) is 5.92 Å². The summed E-state index contributed by atoms with van der Waals surface area (Å²) >= 11 is 0. The molecule has 3 nitrogen and oxygen atoms in total. The first-order valence-electron chi connectivity index (χ1n) is 5.69. The highest BCUT2D eigenvalue weighted by molar-refractivity contribution is 5.03. The van der Waals surface area contributed by atoms with E-state index in [-0.39, 0.29) is 5.54 Å². The number of rotatable bonds is 3. The summed E-state index contributed by atoms with van der Waals surface area (Å²) in [6.07, 6.45) is 3.69. The predicted octanol–water partition coefficient (Wildman–Crippen LogP) is 0.834. The number of nitrogens with zero attached hydrogens (tertiary/aromatic N) is 1. The molecule has 0 bridgehead atoms. The maximum atomic E-state index is 5.92. The predicted molar refractivity (Wildman–Crippen MR) is 57.2 cm³/mol. The highest BCUT2D eigenvalue weighted by Crippen LogP contribution is 2.42. The smallest absolute Gasteiger partial charge is 0.0622 e. The van der Waals surface area contributed by atoms with Crippen LogP contribution in [0.1, 0.15) is 26.2 Å². The third-order valence-electron chi connectivity index (χ3n) is 4.04. The van der Waals surface area contributed by atoms with Gasteiger partial charge in [-0.05, 0) is 32.2 Å². The monoisotopic (exact) mass is 198 g/mol. The summed E-state index contributed by atoms with van der Waals surface area (Å²) in [5, 5.41) is 0. The summed E-state index contributed by atoms with van der Waals surface area (Å²) in [6, 6.07) is 0.603. The minimum atomic E-state index is 0.289. The zero-order chi connectivity index (χ0) is 10.2. The largest absolute Gasteiger partial charge is 0.380 e. The molecule has 0 aromatic heterocycles. The van der Waals surface area contributed by atoms with Crippen molar-refractivity contribution >= 4 is 0 Å². The zero-order valence-corrected chi connectivity index (χ0v) is 9.33. The maximum absolute atomic E-state index is 5.92. The van der Waals surface area contributed by atoms with Gasteiger partial charge in [-0.25, -0.2) is 0 Å². The summed E-state index contributed by atoms with van der Waals surface area (Å²) in [6.45, 7) is 4.93. The van der Waals surface area contributed by atoms with E-state index in [0.29, 0.717) is 6.04 Å². The number of hydrogen-bond donors (Lipinski definition) is 1. The average Bonchev–Trinajstić information content (AvgIpc) is 2.64. The molecule has 2 aliphatic rings. The van der Waals surface area contributed by atoms with Gasteiger partial charge in [0.1, 0.15) is 0 Å². The quantitative estimate of drug-likeness (QED) is 0.730. The highest BCUT2D eigenvalue weighted by Gasteiger charge is 2.46. The lowest BCUT2D eigenvalue weighted by Gasteiger charge is -2.53. The molecule has 0 aromatic carbocycles. The lowest BCUT2D eigenvalue weighted by atomic mass is 9.67. The highest BCUT2D eigenvalue weighted by atomic mass is 16.5. The summed E-state index contributed by atoms with van der Waals surface area (Å²) in [7, 11) is 2.22. The van der Waals surface area contributed by atoms with Crippen molar-refractivity contribution in [1.82, 2.24) is 4.90 Å². The fourth-order valence-electron chi connectivity index (χ4n) is 3.05. The first-order valence-corrected chi connectivity index (χ1v) is 5.69. The van der Waals surface area contributed by atoms with E-state index in [1.165, 1.54) is 19.3 Å². The van der Waals surface area contributed by atoms with Crippen molar-refractivity contribution < 1.29 is 4.74 Å². The van der Waals surface area contributed by atoms with Gasteiger partial charge < -0.3 is 10.5 Å². The normalized spacial score (nSPS) is 42.9. The van der Waals surface area contributed by atoms with Gasteiger partial charge in [-0.2, -0.15) is 0 Å². The standard InChI is InChI=1S/C11H22N2O/c1-9-5-11(6-9,8-12)13(2)10-3-4-14-7-10/h9-10H,3-8,12H2,1-2H3. The van der Waals surface area contributed by atoms with Crippen LogP contribution in [-0.4, -0.2) is 43.3 Å². The van der Waals surface area contributed by atoms with Gasteiger partial charge in [-0.3, -0.25) is 4.90 Å². The Hall–Kier alpha value is -0.120. The van der Waals surface area contributed by atoms with E-state index in [0.717, 1.165) is 25.7 Å². The minimum absolute atomic E-state index is 0.289. The van der Waals surface area contributed by atoms with Crippen molar-refractivity contribution in [3.63, 3.8) is 0 Å². The molecular weight excluding hydrogens is 176 g/mol. The van der Waals surface area contributed by atoms with Crippen LogP contribution in [-0.2, 0) is 4.74 Å². The van der Waals surface area contributed by atoms with E-state index in [4.69, 9.17) is 10.5 Å². The van der Waals surface area contributed by atoms with Crippen LogP contribution in [0.3, 0.4) is 0 Å². The third-order valence-corrected chi connectivity index (χ3v) is 4.04. The van der Waals surface area contributed by atoms with E-state index in [2.05, 4.69) is 18.9 Å². The maximum Gasteiger partial charge on any atom is 0.0622 e. The Morgan fingerprint density at radius 2 is 2.21 bits per heavy atom. The molecule has 0 spiro atoms. The van der Waals surface area contributed by atoms with Crippen LogP contribution in [0.15, 0.2) is 0 Å². The molecule has 1 saturated heterocycles. The van der Waals surface area contributed by atoms with Gasteiger partial charge in [0.25, 0.3) is 0 Å². The van der Waals surface area contributed by atoms with Crippen LogP contribution in [0.4, 0.5) is 0 Å². The Balaban J connectivity index is 1.97. The summed E-state index contributed by atoms with van der Waals surface area (Å²) < 4.78 is 5.43. The van der Waals surface area contributed by atoms with E-state index in [1.807, 2.05) is 0 Å². The van der Waals surface area contributed by atoms with Crippen LogP contribution in [0.5, 0.6) is 0 Å². The Morgan fingerprint density at radius 1 is 1.50 bits per heavy atom. The van der Waals surface area contributed by atoms with Gasteiger partial charge in [0.2, 0.25) is 0 Å². The topological polar surface area (TPSA) is 38.5 Å². The van der Waals surface area contributed by atoms with Crippen LogP contribution < -0.4 is 5.73 Å². The fourth-order valence-corrected chi connectivity index (χ4v) is 3.05. The second-order valence-electron chi connectivity index (χ2n) is 5.07. The molecule has 1 aliphatic carbocycles. The molecule has 1 atom stereocenters. The van der Waals surface area contributed by atoms with Gasteiger partial charge in [0.05, 0.1) is 6.61 Å². The van der Waals surface area contributed by atoms with Crippen molar-refractivity contribution in [2.24, 2.45) is 11.7 Å². The number of hydrogen-bond acceptors (Lipinski definition) is 3. The molecule has 2 fully saturated rings. The van der Waals surface area contributed by atoms with Gasteiger partial charge in [0, 0.05) is 24.7 Å². The third kappa shape index (κ3) is 1.58. The summed E-state index contributed by atoms with van der Waals surface area (Å²) in [5.41, 5.74) is 6.21. The first-order chi connectivity index (χ1) is 6.68. The number of ether oxygens (including phenoxy) is 1. The molecular formula is C11H22N2O. The second-order valence-corrected chi connectivity index (χ2v) is 5.07. The molecule has 2 N–H and O–H groups in total. The zero-order valence-electron chi connectivity index (χ0n) is 9.33. The Kier molecular flexibility index (Phi) is 2.82. The van der Waals surface area contributed by atoms with Crippen LogP contribution in [0.2, 0.25) is 0 Å². The van der Waals surface area contributed by atoms with Crippen molar-refractivity contribution in [1.29, 1.82) is 0 Å². The van der Waals surface area contributed by atoms with Crippen molar-refractivity contribution in [3.05, 3.63) is 0 Å². The molecule has 82 valence electrons. The molecule has 3 heteroatoms. The SMILES string of the molecule is CC1CC(CN)(N(C)C2CCOC2)C1. The number of nitrogens with two attached hydrogens (primary N) is 1. The molecule has 1 unspecified atom stereocenters. The molecule has 0 amide bonds. The fraction of sp³-hybridized carbons (Fsp3) is 1.00. The van der Waals surface area contributed by atoms with Crippen molar-refractivity contribution in [2.45, 2.75) is 37.8 Å². The Morgan fingerprint density at radius 3 is 2.64 bits per heavy atom. The van der Waals surface area contributed by atoms with Crippen molar-refractivity contribution in [3.8, 4) is 0 Å². The van der Waals surface area contributed by atoms with Gasteiger partial charge in [0.15, 0.2) is 0 Å². The van der Waals surface area contributed by atoms with Crippen LogP contribution >= 0.6 is 0 Å². The average molecular weight is 198 g/mol. The Bertz CT molecular complexity index is 195. The minimum Gasteiger partial charge on any atom is -0.380 e. The molecule has 1 saturated carbocycles. The lowest BCUT2D eigenvalue weighted by molar-refractivity contribution is -0.0240. The molecule has 0 radical (unpaired) electrons. The van der Waals surface area contributed by atoms with Gasteiger partial charge in [-0.15, -0.1) is 0 Å². The lowest BCUT2D eigenvalue weighted by Crippen LogP contribution is -2.62. The van der Waals surface area contributed by atoms with Crippen LogP contribution in [0.25, 0.3) is 0 Å². The van der Waals surface area contributed by atoms with E-state index in [9.17, 15) is 0 Å². The summed E-state index contributed by atoms with van der Waals surface area (Å²) in [4.78, 5) is 2.49. The first kappa shape index (κ1) is 10.4. The molecule has 14 heavy (non-hydrogen) atoms. The molecule has 1 aliphatic heterocycles. The molecule has 1 heterocycles. The number of likely N-dealkylation sites (N-methyl/N-ethyl adjacent to an activating group) is 1. The van der Waals surface area contributed by atoms with Crippen molar-refractivity contribution in [2.75, 3.05) is 26.8 Å². The van der Waals surface area contributed by atoms with E-state index < -0.39 is 0 Å².